The summed E-state index contributed by atoms with van der Waals surface area (Å²) in [6.45, 7) is 6.93. The van der Waals surface area contributed by atoms with Crippen LogP contribution in [0.3, 0.4) is 0 Å². The van der Waals surface area contributed by atoms with Gasteiger partial charge in [0, 0.05) is 44.2 Å². The van der Waals surface area contributed by atoms with Gasteiger partial charge in [-0.1, -0.05) is 43.8 Å². The van der Waals surface area contributed by atoms with Gasteiger partial charge in [0.1, 0.15) is 23.1 Å². The SMILES string of the molecule is C.CCO.CCOC(=O)C(=O)C=C(O)c1ccccn1.CCOC(=O)c1cc(-c2ccccn2)n(CCc2ccc(F)cc2)n1.NNCCc1ccc(F)cc1. The molecule has 5 N–H and O–H groups in total. The highest BCUT2D eigenvalue weighted by molar-refractivity contribution is 6.39. The van der Waals surface area contributed by atoms with Crippen LogP contribution in [0.15, 0.2) is 109 Å². The van der Waals surface area contributed by atoms with E-state index in [2.05, 4.69) is 25.2 Å². The van der Waals surface area contributed by atoms with Crippen molar-refractivity contribution < 1.29 is 42.9 Å². The molecule has 56 heavy (non-hydrogen) atoms. The molecule has 3 heterocycles. The number of hydrogen-bond donors (Lipinski definition) is 4. The number of rotatable bonds is 13. The predicted molar refractivity (Wildman–Crippen MR) is 210 cm³/mol. The third-order valence-electron chi connectivity index (χ3n) is 6.86. The number of ketones is 1. The largest absolute Gasteiger partial charge is 0.506 e. The molecule has 300 valence electrons. The van der Waals surface area contributed by atoms with Crippen LogP contribution in [0, 0.1) is 11.6 Å². The number of nitrogens with two attached hydrogens (primary N) is 1. The number of aryl methyl sites for hydroxylation is 2. The van der Waals surface area contributed by atoms with Crippen LogP contribution in [0.1, 0.15) is 55.5 Å². The average Bonchev–Trinajstić information content (AvgIpc) is 3.64. The Balaban J connectivity index is 0.000000435. The Morgan fingerprint density at radius 1 is 0.804 bits per heavy atom. The highest BCUT2D eigenvalue weighted by Gasteiger charge is 2.17. The molecule has 0 aliphatic rings. The fourth-order valence-electron chi connectivity index (χ4n) is 4.34. The zero-order chi connectivity index (χ0) is 40.4. The number of hydrazine groups is 1. The smallest absolute Gasteiger partial charge is 0.379 e. The van der Waals surface area contributed by atoms with E-state index in [1.807, 2.05) is 18.2 Å². The number of carbonyl (C=O) groups excluding carboxylic acids is 3. The molecule has 0 aliphatic carbocycles. The van der Waals surface area contributed by atoms with E-state index in [4.69, 9.17) is 15.7 Å². The lowest BCUT2D eigenvalue weighted by molar-refractivity contribution is -0.151. The maximum atomic E-state index is 13.0. The molecule has 0 bridgehead atoms. The van der Waals surface area contributed by atoms with E-state index in [0.29, 0.717) is 26.1 Å². The highest BCUT2D eigenvalue weighted by atomic mass is 19.1. The Morgan fingerprint density at radius 3 is 1.86 bits per heavy atom. The van der Waals surface area contributed by atoms with Crippen LogP contribution in [0.25, 0.3) is 17.1 Å². The summed E-state index contributed by atoms with van der Waals surface area (Å²) in [7, 11) is 0. The second kappa shape index (κ2) is 27.4. The molecule has 13 nitrogen and oxygen atoms in total. The van der Waals surface area contributed by atoms with Crippen molar-refractivity contribution >= 4 is 23.5 Å². The maximum absolute atomic E-state index is 13.0. The van der Waals surface area contributed by atoms with Crippen molar-refractivity contribution in [1.29, 1.82) is 0 Å². The summed E-state index contributed by atoms with van der Waals surface area (Å²) in [5, 5.41) is 21.4. The molecule has 0 aliphatic heterocycles. The fourth-order valence-corrected chi connectivity index (χ4v) is 4.34. The molecule has 0 saturated carbocycles. The van der Waals surface area contributed by atoms with Gasteiger partial charge in [-0.25, -0.2) is 18.4 Å². The Kier molecular flexibility index (Phi) is 23.4. The Morgan fingerprint density at radius 2 is 1.36 bits per heavy atom. The molecule has 0 unspecified atom stereocenters. The van der Waals surface area contributed by atoms with Crippen LogP contribution in [0.2, 0.25) is 0 Å². The van der Waals surface area contributed by atoms with Gasteiger partial charge < -0.3 is 19.7 Å². The number of hydrogen-bond acceptors (Lipinski definition) is 12. The van der Waals surface area contributed by atoms with Crippen molar-refractivity contribution in [3.63, 3.8) is 0 Å². The summed E-state index contributed by atoms with van der Waals surface area (Å²) in [4.78, 5) is 42.3. The van der Waals surface area contributed by atoms with Gasteiger partial charge in [0.05, 0.1) is 24.6 Å². The molecule has 5 rings (SSSR count). The standard InChI is InChI=1S/C19H18FN3O2.C11H11NO4.C8H11FN2.C2H6O.CH4/c1-2-25-19(24)17-13-18(16-5-3-4-11-21-16)23(22-17)12-10-14-6-8-15(20)9-7-14;1-2-16-11(15)10(14)7-9(13)8-5-3-4-6-12-8;9-8-3-1-7(2-4-8)5-6-11-10;1-2-3;/h3-9,11,13H,2,10,12H2,1H3;3-7,13H,2H2,1H3;1-4,11H,5-6,10H2;3H,2H2,1H3;1H4. The average molecular weight is 777 g/mol. The van der Waals surface area contributed by atoms with Gasteiger partial charge in [0.2, 0.25) is 0 Å². The number of aromatic nitrogens is 4. The number of pyridine rings is 2. The van der Waals surface area contributed by atoms with Gasteiger partial charge in [-0.3, -0.25) is 30.7 Å². The summed E-state index contributed by atoms with van der Waals surface area (Å²) in [5.74, 6) is 1.89. The van der Waals surface area contributed by atoms with Crippen molar-refractivity contribution in [1.82, 2.24) is 25.2 Å². The molecule has 0 fully saturated rings. The van der Waals surface area contributed by atoms with E-state index in [0.717, 1.165) is 35.0 Å². The Bertz CT molecular complexity index is 1890. The molecular formula is C41H50F2N6O7. The van der Waals surface area contributed by atoms with Crippen LogP contribution in [0.5, 0.6) is 0 Å². The van der Waals surface area contributed by atoms with Gasteiger partial charge >= 0.3 is 11.9 Å². The topological polar surface area (TPSA) is 192 Å². The number of benzene rings is 2. The van der Waals surface area contributed by atoms with E-state index < -0.39 is 17.7 Å². The summed E-state index contributed by atoms with van der Waals surface area (Å²) >= 11 is 0. The first-order valence-corrected chi connectivity index (χ1v) is 17.3. The monoisotopic (exact) mass is 776 g/mol. The number of carbonyl (C=O) groups is 3. The Labute approximate surface area is 325 Å². The number of nitrogens with one attached hydrogen (secondary N) is 1. The molecule has 0 atom stereocenters. The quantitative estimate of drug-likeness (QED) is 0.0270. The van der Waals surface area contributed by atoms with Crippen molar-refractivity contribution in [3.8, 4) is 11.4 Å². The van der Waals surface area contributed by atoms with E-state index >= 15 is 0 Å². The second-order valence-electron chi connectivity index (χ2n) is 10.9. The number of aliphatic hydroxyl groups is 2. The lowest BCUT2D eigenvalue weighted by Gasteiger charge is -2.07. The van der Waals surface area contributed by atoms with Gasteiger partial charge in [-0.05, 0) is 93.3 Å². The Hall–Kier alpha value is -6.16. The lowest BCUT2D eigenvalue weighted by Crippen LogP contribution is -2.24. The minimum Gasteiger partial charge on any atom is -0.506 e. The van der Waals surface area contributed by atoms with Gasteiger partial charge in [0.15, 0.2) is 5.69 Å². The number of nitrogens with zero attached hydrogens (tertiary/aromatic N) is 4. The maximum Gasteiger partial charge on any atom is 0.379 e. The van der Waals surface area contributed by atoms with Crippen molar-refractivity contribution in [2.24, 2.45) is 5.84 Å². The van der Waals surface area contributed by atoms with Crippen LogP contribution in [0.4, 0.5) is 8.78 Å². The van der Waals surface area contributed by atoms with E-state index in [9.17, 15) is 28.3 Å². The molecule has 0 spiro atoms. The summed E-state index contributed by atoms with van der Waals surface area (Å²) in [6.07, 6.45) is 5.44. The zero-order valence-electron chi connectivity index (χ0n) is 30.9. The third kappa shape index (κ3) is 17.8. The van der Waals surface area contributed by atoms with Gasteiger partial charge in [-0.15, -0.1) is 0 Å². The molecule has 3 aromatic heterocycles. The molecular weight excluding hydrogens is 726 g/mol. The number of esters is 2. The molecule has 0 radical (unpaired) electrons. The first kappa shape index (κ1) is 47.9. The number of aliphatic hydroxyl groups excluding tert-OH is 2. The van der Waals surface area contributed by atoms with Gasteiger partial charge in [0.25, 0.3) is 5.78 Å². The molecule has 5 aromatic rings. The van der Waals surface area contributed by atoms with Crippen molar-refractivity contribution in [2.75, 3.05) is 26.4 Å². The first-order chi connectivity index (χ1) is 26.6. The normalized spacial score (nSPS) is 10.2. The molecule has 2 aromatic carbocycles. The highest BCUT2D eigenvalue weighted by Crippen LogP contribution is 2.20. The van der Waals surface area contributed by atoms with Crippen LogP contribution in [-0.2, 0) is 38.4 Å². The van der Waals surface area contributed by atoms with Gasteiger partial charge in [-0.2, -0.15) is 5.10 Å². The summed E-state index contributed by atoms with van der Waals surface area (Å²) in [6, 6.07) is 24.9. The van der Waals surface area contributed by atoms with E-state index in [1.54, 1.807) is 74.1 Å². The molecule has 0 saturated heterocycles. The van der Waals surface area contributed by atoms with Crippen LogP contribution in [-0.4, -0.2) is 74.0 Å². The number of ether oxygens (including phenoxy) is 2. The minimum absolute atomic E-state index is 0. The van der Waals surface area contributed by atoms with E-state index in [1.165, 1.54) is 36.5 Å². The molecule has 15 heteroatoms. The van der Waals surface area contributed by atoms with Crippen LogP contribution < -0.4 is 11.3 Å². The van der Waals surface area contributed by atoms with Crippen LogP contribution >= 0.6 is 0 Å². The summed E-state index contributed by atoms with van der Waals surface area (Å²) < 4.78 is 36.6. The van der Waals surface area contributed by atoms with Crippen molar-refractivity contribution in [2.45, 2.75) is 47.6 Å². The van der Waals surface area contributed by atoms with E-state index in [-0.39, 0.29) is 49.4 Å². The summed E-state index contributed by atoms with van der Waals surface area (Å²) in [5.41, 5.74) is 6.55. The third-order valence-corrected chi connectivity index (χ3v) is 6.86. The lowest BCUT2D eigenvalue weighted by atomic mass is 10.1. The second-order valence-corrected chi connectivity index (χ2v) is 10.9. The number of halogens is 2. The predicted octanol–water partition coefficient (Wildman–Crippen LogP) is 6.08. The zero-order valence-corrected chi connectivity index (χ0v) is 30.9. The minimum atomic E-state index is -0.995. The molecule has 0 amide bonds. The first-order valence-electron chi connectivity index (χ1n) is 17.3. The fraction of sp³-hybridized carbons (Fsp3) is 0.268. The van der Waals surface area contributed by atoms with Crippen molar-refractivity contribution in [3.05, 3.63) is 144 Å².